The highest BCUT2D eigenvalue weighted by molar-refractivity contribution is 5.44. The van der Waals surface area contributed by atoms with Crippen LogP contribution in [0.5, 0.6) is 5.75 Å². The van der Waals surface area contributed by atoms with Crippen LogP contribution in [0, 0.1) is 27.7 Å². The first-order valence-corrected chi connectivity index (χ1v) is 6.84. The molecule has 0 bridgehead atoms. The normalized spacial score (nSPS) is 12.3. The zero-order valence-corrected chi connectivity index (χ0v) is 12.8. The van der Waals surface area contributed by atoms with Crippen molar-refractivity contribution in [2.45, 2.75) is 33.8 Å². The largest absolute Gasteiger partial charge is 0.496 e. The number of ether oxygens (including phenoxy) is 1. The Balaban J connectivity index is 2.46. The molecule has 2 nitrogen and oxygen atoms in total. The summed E-state index contributed by atoms with van der Waals surface area (Å²) < 4.78 is 5.33. The molecule has 0 aliphatic heterocycles. The summed E-state index contributed by atoms with van der Waals surface area (Å²) in [6.45, 7) is 8.20. The van der Waals surface area contributed by atoms with Crippen LogP contribution in [0.2, 0.25) is 0 Å². The molecule has 0 aromatic heterocycles. The lowest BCUT2D eigenvalue weighted by Gasteiger charge is -2.17. The number of aliphatic hydroxyl groups is 1. The van der Waals surface area contributed by atoms with Crippen LogP contribution >= 0.6 is 0 Å². The summed E-state index contributed by atoms with van der Waals surface area (Å²) in [6, 6.07) is 10.0. The molecule has 1 atom stereocenters. The average Bonchev–Trinajstić information content (AvgIpc) is 2.42. The van der Waals surface area contributed by atoms with Gasteiger partial charge in [-0.05, 0) is 67.1 Å². The summed E-state index contributed by atoms with van der Waals surface area (Å²) in [7, 11) is 1.65. The Kier molecular flexibility index (Phi) is 4.15. The fourth-order valence-corrected chi connectivity index (χ4v) is 2.46. The van der Waals surface area contributed by atoms with Crippen LogP contribution in [0.25, 0.3) is 0 Å². The second kappa shape index (κ2) is 5.68. The average molecular weight is 270 g/mol. The zero-order chi connectivity index (χ0) is 14.9. The number of hydrogen-bond acceptors (Lipinski definition) is 2. The topological polar surface area (TPSA) is 29.5 Å². The molecule has 2 aromatic carbocycles. The summed E-state index contributed by atoms with van der Waals surface area (Å²) in [5.74, 6) is 0.808. The lowest BCUT2D eigenvalue weighted by molar-refractivity contribution is 0.219. The van der Waals surface area contributed by atoms with Crippen molar-refractivity contribution in [2.75, 3.05) is 7.11 Å². The van der Waals surface area contributed by atoms with Crippen LogP contribution in [0.4, 0.5) is 0 Å². The Morgan fingerprint density at radius 2 is 1.50 bits per heavy atom. The third kappa shape index (κ3) is 2.70. The van der Waals surface area contributed by atoms with Gasteiger partial charge in [-0.3, -0.25) is 0 Å². The molecule has 0 aliphatic rings. The van der Waals surface area contributed by atoms with Gasteiger partial charge in [0.1, 0.15) is 11.9 Å². The molecular formula is C18H22O2. The van der Waals surface area contributed by atoms with E-state index in [0.29, 0.717) is 0 Å². The molecule has 1 N–H and O–H groups in total. The SMILES string of the molecule is COc1cc(C(O)c2cc(C)c(C)cc2C)ccc1C. The summed E-state index contributed by atoms with van der Waals surface area (Å²) in [5.41, 5.74) is 6.45. The Morgan fingerprint density at radius 1 is 0.850 bits per heavy atom. The molecule has 0 saturated heterocycles. The van der Waals surface area contributed by atoms with Gasteiger partial charge in [0.2, 0.25) is 0 Å². The van der Waals surface area contributed by atoms with Crippen LogP contribution in [0.3, 0.4) is 0 Å². The number of aliphatic hydroxyl groups excluding tert-OH is 1. The minimum atomic E-state index is -0.621. The van der Waals surface area contributed by atoms with Gasteiger partial charge in [0.05, 0.1) is 7.11 Å². The van der Waals surface area contributed by atoms with E-state index >= 15 is 0 Å². The van der Waals surface area contributed by atoms with Gasteiger partial charge in [-0.1, -0.05) is 24.3 Å². The number of hydrogen-bond donors (Lipinski definition) is 1. The molecule has 20 heavy (non-hydrogen) atoms. The van der Waals surface area contributed by atoms with E-state index in [1.165, 1.54) is 11.1 Å². The zero-order valence-electron chi connectivity index (χ0n) is 12.8. The quantitative estimate of drug-likeness (QED) is 0.913. The van der Waals surface area contributed by atoms with Gasteiger partial charge in [-0.15, -0.1) is 0 Å². The molecule has 0 fully saturated rings. The Morgan fingerprint density at radius 3 is 2.15 bits per heavy atom. The highest BCUT2D eigenvalue weighted by atomic mass is 16.5. The van der Waals surface area contributed by atoms with E-state index in [1.807, 2.05) is 32.0 Å². The van der Waals surface area contributed by atoms with Gasteiger partial charge in [-0.25, -0.2) is 0 Å². The first kappa shape index (κ1) is 14.6. The molecule has 1 unspecified atom stereocenters. The van der Waals surface area contributed by atoms with Gasteiger partial charge in [0.25, 0.3) is 0 Å². The summed E-state index contributed by atoms with van der Waals surface area (Å²) in [6.07, 6.45) is -0.621. The van der Waals surface area contributed by atoms with E-state index in [-0.39, 0.29) is 0 Å². The van der Waals surface area contributed by atoms with Gasteiger partial charge in [0.15, 0.2) is 0 Å². The smallest absolute Gasteiger partial charge is 0.122 e. The number of rotatable bonds is 3. The molecule has 0 amide bonds. The molecule has 2 aromatic rings. The Hall–Kier alpha value is -1.80. The van der Waals surface area contributed by atoms with Crippen molar-refractivity contribution in [1.29, 1.82) is 0 Å². The van der Waals surface area contributed by atoms with Gasteiger partial charge >= 0.3 is 0 Å². The third-order valence-electron chi connectivity index (χ3n) is 3.92. The fraction of sp³-hybridized carbons (Fsp3) is 0.333. The van der Waals surface area contributed by atoms with Crippen molar-refractivity contribution in [3.8, 4) is 5.75 Å². The lowest BCUT2D eigenvalue weighted by atomic mass is 9.93. The van der Waals surface area contributed by atoms with Crippen LogP contribution in [0.1, 0.15) is 39.5 Å². The van der Waals surface area contributed by atoms with Crippen LogP contribution in [0.15, 0.2) is 30.3 Å². The minimum Gasteiger partial charge on any atom is -0.496 e. The first-order valence-electron chi connectivity index (χ1n) is 6.84. The second-order valence-corrected chi connectivity index (χ2v) is 5.42. The predicted octanol–water partition coefficient (Wildman–Crippen LogP) is 4.01. The molecule has 0 radical (unpaired) electrons. The van der Waals surface area contributed by atoms with Crippen LogP contribution < -0.4 is 4.74 Å². The number of benzene rings is 2. The van der Waals surface area contributed by atoms with Crippen molar-refractivity contribution in [2.24, 2.45) is 0 Å². The minimum absolute atomic E-state index is 0.621. The fourth-order valence-electron chi connectivity index (χ4n) is 2.46. The van der Waals surface area contributed by atoms with E-state index in [1.54, 1.807) is 7.11 Å². The summed E-state index contributed by atoms with van der Waals surface area (Å²) in [5, 5.41) is 10.6. The first-order chi connectivity index (χ1) is 9.43. The van der Waals surface area contributed by atoms with Crippen LogP contribution in [-0.2, 0) is 0 Å². The van der Waals surface area contributed by atoms with Crippen molar-refractivity contribution in [1.82, 2.24) is 0 Å². The lowest BCUT2D eigenvalue weighted by Crippen LogP contribution is -2.04. The Bertz CT molecular complexity index is 630. The molecule has 106 valence electrons. The highest BCUT2D eigenvalue weighted by Crippen LogP contribution is 2.30. The van der Waals surface area contributed by atoms with E-state index in [9.17, 15) is 5.11 Å². The molecule has 0 spiro atoms. The molecule has 0 heterocycles. The van der Waals surface area contributed by atoms with Crippen molar-refractivity contribution in [3.63, 3.8) is 0 Å². The number of methoxy groups -OCH3 is 1. The molecule has 2 heteroatoms. The second-order valence-electron chi connectivity index (χ2n) is 5.42. The number of aryl methyl sites for hydroxylation is 4. The summed E-state index contributed by atoms with van der Waals surface area (Å²) >= 11 is 0. The van der Waals surface area contributed by atoms with Gasteiger partial charge in [0, 0.05) is 0 Å². The highest BCUT2D eigenvalue weighted by Gasteiger charge is 2.15. The van der Waals surface area contributed by atoms with Gasteiger partial charge < -0.3 is 9.84 Å². The molecular weight excluding hydrogens is 248 g/mol. The van der Waals surface area contributed by atoms with Crippen LogP contribution in [-0.4, -0.2) is 12.2 Å². The summed E-state index contributed by atoms with van der Waals surface area (Å²) in [4.78, 5) is 0. The maximum absolute atomic E-state index is 10.6. The van der Waals surface area contributed by atoms with E-state index < -0.39 is 6.10 Å². The maximum atomic E-state index is 10.6. The van der Waals surface area contributed by atoms with Gasteiger partial charge in [-0.2, -0.15) is 0 Å². The van der Waals surface area contributed by atoms with E-state index in [4.69, 9.17) is 4.74 Å². The predicted molar refractivity (Wildman–Crippen MR) is 82.4 cm³/mol. The molecule has 2 rings (SSSR count). The molecule has 0 saturated carbocycles. The monoisotopic (exact) mass is 270 g/mol. The van der Waals surface area contributed by atoms with E-state index in [2.05, 4.69) is 26.0 Å². The van der Waals surface area contributed by atoms with Crippen molar-refractivity contribution in [3.05, 3.63) is 63.7 Å². The molecule has 0 aliphatic carbocycles. The van der Waals surface area contributed by atoms with Crippen molar-refractivity contribution >= 4 is 0 Å². The Labute approximate surface area is 121 Å². The maximum Gasteiger partial charge on any atom is 0.122 e. The standard InChI is InChI=1S/C18H22O2/c1-11-6-7-15(10-17(11)20-5)18(19)16-9-13(3)12(2)8-14(16)4/h6-10,18-19H,1-5H3. The third-order valence-corrected chi connectivity index (χ3v) is 3.92. The van der Waals surface area contributed by atoms with Crippen molar-refractivity contribution < 1.29 is 9.84 Å². The van der Waals surface area contributed by atoms with E-state index in [0.717, 1.165) is 28.0 Å².